The normalized spacial score (nSPS) is 34.5. The molecule has 0 bridgehead atoms. The number of fused-ring (bicyclic) bond motifs is 1. The lowest BCUT2D eigenvalue weighted by Crippen LogP contribution is -2.38. The number of hydrogen-bond donors (Lipinski definition) is 1. The predicted molar refractivity (Wildman–Crippen MR) is 88.2 cm³/mol. The second-order valence-electron chi connectivity index (χ2n) is 5.46. The fourth-order valence-electron chi connectivity index (χ4n) is 2.65. The number of piperidine rings is 1. The maximum absolute atomic E-state index is 13.4. The van der Waals surface area contributed by atoms with E-state index < -0.39 is 37.4 Å². The van der Waals surface area contributed by atoms with Crippen LogP contribution in [0.2, 0.25) is 0 Å². The van der Waals surface area contributed by atoms with Crippen molar-refractivity contribution in [2.24, 2.45) is 5.89 Å². The van der Waals surface area contributed by atoms with Crippen molar-refractivity contribution in [1.82, 2.24) is 5.32 Å². The minimum atomic E-state index is -2.61. The highest BCUT2D eigenvalue weighted by Gasteiger charge is 2.27. The van der Waals surface area contributed by atoms with Gasteiger partial charge in [0.2, 0.25) is 6.75 Å². The van der Waals surface area contributed by atoms with Crippen LogP contribution in [-0.2, 0) is 0 Å². The molecule has 2 aromatic carbocycles. The smallest absolute Gasteiger partial charge is 0.231 e. The molecule has 0 amide bonds. The van der Waals surface area contributed by atoms with Crippen molar-refractivity contribution < 1.29 is 28.2 Å². The largest absolute Gasteiger partial charge is 0.493 e. The van der Waals surface area contributed by atoms with Gasteiger partial charge in [-0.25, -0.2) is 4.39 Å². The Kier molecular flexibility index (Phi) is 2.59. The van der Waals surface area contributed by atoms with Crippen LogP contribution in [0.1, 0.15) is 27.5 Å². The molecule has 5 heteroatoms. The van der Waals surface area contributed by atoms with Gasteiger partial charge in [0.25, 0.3) is 0 Å². The van der Waals surface area contributed by atoms with Gasteiger partial charge in [0.15, 0.2) is 11.5 Å². The van der Waals surface area contributed by atoms with Gasteiger partial charge in [-0.2, -0.15) is 0 Å². The van der Waals surface area contributed by atoms with Gasteiger partial charge in [-0.15, -0.1) is 0 Å². The van der Waals surface area contributed by atoms with E-state index in [1.54, 1.807) is 0 Å². The number of nitrogens with one attached hydrogen (secondary N) is 1. The van der Waals surface area contributed by atoms with Gasteiger partial charge >= 0.3 is 0 Å². The third kappa shape index (κ3) is 3.17. The first-order valence-corrected chi connectivity index (χ1v) is 7.52. The summed E-state index contributed by atoms with van der Waals surface area (Å²) in [5, 5.41) is 2.56. The molecular weight excluding hydrogens is 309 g/mol. The Labute approximate surface area is 150 Å². The second-order valence-corrected chi connectivity index (χ2v) is 5.46. The molecule has 0 aromatic heterocycles. The number of benzene rings is 2. The summed E-state index contributed by atoms with van der Waals surface area (Å²) in [6, 6.07) is 9.23. The van der Waals surface area contributed by atoms with Crippen LogP contribution < -0.4 is 19.5 Å². The molecule has 126 valence electrons. The van der Waals surface area contributed by atoms with E-state index in [-0.39, 0.29) is 30.2 Å². The Morgan fingerprint density at radius 3 is 2.96 bits per heavy atom. The van der Waals surface area contributed by atoms with Crippen molar-refractivity contribution in [3.8, 4) is 17.2 Å². The number of rotatable bonds is 4. The molecule has 2 heterocycles. The summed E-state index contributed by atoms with van der Waals surface area (Å²) in [4.78, 5) is 0. The second kappa shape index (κ2) is 6.69. The summed E-state index contributed by atoms with van der Waals surface area (Å²) in [6.45, 7) is -7.16. The first-order valence-electron chi connectivity index (χ1n) is 11.0. The zero-order valence-electron chi connectivity index (χ0n) is 19.6. The Morgan fingerprint density at radius 1 is 1.25 bits per heavy atom. The highest BCUT2D eigenvalue weighted by molar-refractivity contribution is 5.46. The molecule has 2 aliphatic heterocycles. The van der Waals surface area contributed by atoms with Gasteiger partial charge in [0.05, 0.1) is 9.30 Å². The van der Waals surface area contributed by atoms with Gasteiger partial charge < -0.3 is 19.5 Å². The van der Waals surface area contributed by atoms with Crippen LogP contribution in [0.5, 0.6) is 17.2 Å². The Hall–Kier alpha value is -2.27. The minimum Gasteiger partial charge on any atom is -0.493 e. The molecule has 2 atom stereocenters. The quantitative estimate of drug-likeness (QED) is 0.930. The molecule has 1 saturated heterocycles. The average molecular weight is 336 g/mol. The van der Waals surface area contributed by atoms with Crippen LogP contribution in [-0.4, -0.2) is 26.3 Å². The van der Waals surface area contributed by atoms with Gasteiger partial charge in [-0.1, -0.05) is 12.1 Å². The molecule has 0 aliphatic carbocycles. The van der Waals surface area contributed by atoms with E-state index in [4.69, 9.17) is 23.8 Å². The molecule has 1 N–H and O–H groups in total. The first-order chi connectivity index (χ1) is 14.3. The van der Waals surface area contributed by atoms with Crippen LogP contribution >= 0.6 is 0 Å². The lowest BCUT2D eigenvalue weighted by atomic mass is 9.81. The number of ether oxygens (including phenoxy) is 3. The van der Waals surface area contributed by atoms with Crippen molar-refractivity contribution in [3.05, 3.63) is 53.8 Å². The Balaban J connectivity index is 1.65. The average Bonchev–Trinajstić information content (AvgIpc) is 2.97. The first kappa shape index (κ1) is 9.28. The summed E-state index contributed by atoms with van der Waals surface area (Å²) in [5.74, 6) is -3.25. The molecule has 2 aromatic rings. The fourth-order valence-corrected chi connectivity index (χ4v) is 2.65. The van der Waals surface area contributed by atoms with Crippen molar-refractivity contribution in [2.45, 2.75) is 12.3 Å². The van der Waals surface area contributed by atoms with Crippen LogP contribution in [0, 0.1) is 11.7 Å². The molecule has 1 unspecified atom stereocenters. The topological polar surface area (TPSA) is 39.7 Å². The third-order valence-corrected chi connectivity index (χ3v) is 3.92. The Bertz CT molecular complexity index is 989. The maximum atomic E-state index is 13.4. The molecule has 4 rings (SSSR count). The van der Waals surface area contributed by atoms with Crippen LogP contribution in [0.15, 0.2) is 42.5 Å². The van der Waals surface area contributed by atoms with E-state index in [1.165, 1.54) is 42.5 Å². The lowest BCUT2D eigenvalue weighted by molar-refractivity contribution is 0.173. The highest BCUT2D eigenvalue weighted by atomic mass is 19.1. The summed E-state index contributed by atoms with van der Waals surface area (Å²) in [6.07, 6.45) is -0.216. The van der Waals surface area contributed by atoms with Gasteiger partial charge in [-0.3, -0.25) is 0 Å². The molecule has 0 radical (unpaired) electrons. The number of hydrogen-bond acceptors (Lipinski definition) is 4. The lowest BCUT2D eigenvalue weighted by Gasteiger charge is -2.32. The van der Waals surface area contributed by atoms with E-state index in [0.29, 0.717) is 5.56 Å². The van der Waals surface area contributed by atoms with Crippen LogP contribution in [0.25, 0.3) is 0 Å². The summed E-state index contributed by atoms with van der Waals surface area (Å²) >= 11 is 0. The molecule has 2 aliphatic rings. The van der Waals surface area contributed by atoms with E-state index in [9.17, 15) is 4.39 Å². The van der Waals surface area contributed by atoms with Crippen molar-refractivity contribution in [2.75, 3.05) is 26.3 Å². The summed E-state index contributed by atoms with van der Waals surface area (Å²) in [7, 11) is 0. The van der Waals surface area contributed by atoms with E-state index in [1.807, 2.05) is 0 Å². The summed E-state index contributed by atoms with van der Waals surface area (Å²) < 4.78 is 86.1. The van der Waals surface area contributed by atoms with E-state index in [0.717, 1.165) is 0 Å². The molecule has 4 nitrogen and oxygen atoms in total. The monoisotopic (exact) mass is 336 g/mol. The summed E-state index contributed by atoms with van der Waals surface area (Å²) in [5.41, 5.74) is 0.424. The molecule has 0 saturated carbocycles. The number of halogens is 1. The van der Waals surface area contributed by atoms with Crippen molar-refractivity contribution in [3.63, 3.8) is 0 Å². The molecule has 0 spiro atoms. The van der Waals surface area contributed by atoms with Gasteiger partial charge in [-0.05, 0) is 48.7 Å². The fraction of sp³-hybridized carbons (Fsp3) is 0.368. The molecule has 1 fully saturated rings. The third-order valence-electron chi connectivity index (χ3n) is 3.92. The van der Waals surface area contributed by atoms with Crippen molar-refractivity contribution >= 4 is 0 Å². The van der Waals surface area contributed by atoms with Gasteiger partial charge in [0.1, 0.15) is 14.3 Å². The zero-order chi connectivity index (χ0) is 22.7. The van der Waals surface area contributed by atoms with Crippen LogP contribution in [0.3, 0.4) is 0 Å². The molecule has 24 heavy (non-hydrogen) atoms. The highest BCUT2D eigenvalue weighted by Crippen LogP contribution is 2.36. The van der Waals surface area contributed by atoms with E-state index >= 15 is 0 Å². The minimum absolute atomic E-state index is 0.0110. The Morgan fingerprint density at radius 2 is 2.08 bits per heavy atom. The zero-order valence-corrected chi connectivity index (χ0v) is 12.6. The SMILES string of the molecule is [2H]C1([2H])CC(c2ccc(F)cc2)[C@@]([2H])(C([2H])([2H])Oc2ccc3c(c2)OC([2H])([2H])O3)CN1. The maximum Gasteiger partial charge on any atom is 0.231 e. The van der Waals surface area contributed by atoms with Crippen molar-refractivity contribution in [1.29, 1.82) is 0 Å². The standard InChI is InChI=1S/C19H20FNO3/c20-15-3-1-13(2-4-15)17-7-8-21-10-14(17)11-22-16-5-6-18-19(9-16)24-12-23-18/h1-6,9,14,17,21H,7-8,10-12H2/t14-,17?/m1/s1/i8D2,11D2,12D2,14D. The predicted octanol–water partition coefficient (Wildman–Crippen LogP) is 3.33. The van der Waals surface area contributed by atoms with Crippen LogP contribution in [0.4, 0.5) is 4.39 Å². The van der Waals surface area contributed by atoms with E-state index in [2.05, 4.69) is 5.32 Å². The van der Waals surface area contributed by atoms with Gasteiger partial charge in [0, 0.05) is 22.6 Å². The molecular formula is C19H20FNO3.